The molecule has 2 atom stereocenters. The highest BCUT2D eigenvalue weighted by molar-refractivity contribution is 5.80. The lowest BCUT2D eigenvalue weighted by atomic mass is 10.1. The summed E-state index contributed by atoms with van der Waals surface area (Å²) >= 11 is 0. The smallest absolute Gasteiger partial charge is 0.193 e. The average molecular weight is 392 g/mol. The summed E-state index contributed by atoms with van der Waals surface area (Å²) in [5.41, 5.74) is 1.00. The van der Waals surface area contributed by atoms with Crippen LogP contribution >= 0.6 is 0 Å². The quantitative estimate of drug-likeness (QED) is 0.613. The lowest BCUT2D eigenvalue weighted by Crippen LogP contribution is -2.52. The maximum absolute atomic E-state index is 13.2. The third-order valence-electron chi connectivity index (χ3n) is 5.64. The highest BCUT2D eigenvalue weighted by Gasteiger charge is 2.28. The number of rotatable bonds is 5. The second-order valence-electron chi connectivity index (χ2n) is 7.64. The number of hydrogen-bond donors (Lipinski definition) is 1. The first-order valence-corrected chi connectivity index (χ1v) is 10.4. The summed E-state index contributed by atoms with van der Waals surface area (Å²) in [7, 11) is 1.83. The Balaban J connectivity index is 1.51. The minimum atomic E-state index is -0.221. The van der Waals surface area contributed by atoms with Gasteiger partial charge in [0.25, 0.3) is 0 Å². The van der Waals surface area contributed by atoms with Gasteiger partial charge in [-0.25, -0.2) is 4.39 Å². The molecule has 0 radical (unpaired) electrons. The Morgan fingerprint density at radius 3 is 2.46 bits per heavy atom. The van der Waals surface area contributed by atoms with Crippen LogP contribution < -0.4 is 5.32 Å². The molecule has 6 nitrogen and oxygen atoms in total. The first-order valence-electron chi connectivity index (χ1n) is 10.4. The van der Waals surface area contributed by atoms with E-state index in [1.54, 1.807) is 0 Å². The molecule has 1 aromatic rings. The van der Waals surface area contributed by atoms with E-state index in [2.05, 4.69) is 38.9 Å². The first-order chi connectivity index (χ1) is 13.6. The molecule has 0 bridgehead atoms. The zero-order valence-corrected chi connectivity index (χ0v) is 17.4. The summed E-state index contributed by atoms with van der Waals surface area (Å²) in [6.45, 7) is 13.4. The fourth-order valence-electron chi connectivity index (χ4n) is 3.97. The van der Waals surface area contributed by atoms with Gasteiger partial charge in [0.1, 0.15) is 11.9 Å². The van der Waals surface area contributed by atoms with Gasteiger partial charge in [-0.15, -0.1) is 0 Å². The van der Waals surface area contributed by atoms with Crippen LogP contribution in [0.1, 0.15) is 25.5 Å². The van der Waals surface area contributed by atoms with E-state index < -0.39 is 0 Å². The number of likely N-dealkylation sites (N-methyl/N-ethyl adjacent to an activating group) is 1. The van der Waals surface area contributed by atoms with Crippen molar-refractivity contribution in [2.75, 3.05) is 66.0 Å². The summed E-state index contributed by atoms with van der Waals surface area (Å²) in [5.74, 6) is 0.691. The lowest BCUT2D eigenvalue weighted by molar-refractivity contribution is -0.0605. The molecule has 1 N–H and O–H groups in total. The second kappa shape index (κ2) is 10.2. The number of benzene rings is 1. The van der Waals surface area contributed by atoms with E-state index in [4.69, 9.17) is 4.74 Å². The Labute approximate surface area is 168 Å². The van der Waals surface area contributed by atoms with E-state index in [1.807, 2.05) is 19.2 Å². The number of piperazine rings is 1. The van der Waals surface area contributed by atoms with Gasteiger partial charge in [0.05, 0.1) is 12.6 Å². The van der Waals surface area contributed by atoms with Crippen LogP contribution in [0.5, 0.6) is 0 Å². The Morgan fingerprint density at radius 2 is 1.82 bits per heavy atom. The van der Waals surface area contributed by atoms with Gasteiger partial charge >= 0.3 is 0 Å². The summed E-state index contributed by atoms with van der Waals surface area (Å²) in [4.78, 5) is 11.7. The minimum absolute atomic E-state index is 0.0787. The normalized spacial score (nSPS) is 25.1. The van der Waals surface area contributed by atoms with Crippen LogP contribution in [0.4, 0.5) is 4.39 Å². The summed E-state index contributed by atoms with van der Waals surface area (Å²) in [5, 5.41) is 3.52. The van der Waals surface area contributed by atoms with Crippen molar-refractivity contribution in [2.24, 2.45) is 4.99 Å². The molecular weight excluding hydrogens is 357 g/mol. The van der Waals surface area contributed by atoms with Crippen LogP contribution in [-0.4, -0.2) is 92.7 Å². The molecule has 28 heavy (non-hydrogen) atoms. The molecule has 0 aromatic heterocycles. The fourth-order valence-corrected chi connectivity index (χ4v) is 3.97. The zero-order chi connectivity index (χ0) is 19.9. The molecule has 2 saturated heterocycles. The minimum Gasteiger partial charge on any atom is -0.367 e. The maximum atomic E-state index is 13.2. The van der Waals surface area contributed by atoms with Gasteiger partial charge in [-0.05, 0) is 31.2 Å². The molecule has 0 saturated carbocycles. The highest BCUT2D eigenvalue weighted by atomic mass is 19.1. The number of aliphatic imine (C=N–C) groups is 1. The van der Waals surface area contributed by atoms with Crippen molar-refractivity contribution in [3.05, 3.63) is 35.6 Å². The standard InChI is InChI=1S/C21H34FN5O/c1-4-25-11-13-26(14-12-25)10-9-24-21(23-3)27-15-17(2)28-20(16-27)18-5-7-19(22)8-6-18/h5-8,17,20H,4,9-16H2,1-3H3,(H,23,24). The molecule has 2 aliphatic heterocycles. The van der Waals surface area contributed by atoms with Gasteiger partial charge in [0.2, 0.25) is 0 Å². The molecule has 0 aliphatic carbocycles. The number of nitrogens with zero attached hydrogens (tertiary/aromatic N) is 4. The van der Waals surface area contributed by atoms with Crippen LogP contribution in [-0.2, 0) is 4.74 Å². The Bertz CT molecular complexity index is 630. The number of halogens is 1. The Hall–Kier alpha value is -1.70. The van der Waals surface area contributed by atoms with Crippen LogP contribution in [0.15, 0.2) is 29.3 Å². The van der Waals surface area contributed by atoms with Crippen molar-refractivity contribution in [3.63, 3.8) is 0 Å². The van der Waals surface area contributed by atoms with Gasteiger partial charge in [0.15, 0.2) is 5.96 Å². The number of hydrogen-bond acceptors (Lipinski definition) is 4. The van der Waals surface area contributed by atoms with Gasteiger partial charge in [-0.1, -0.05) is 19.1 Å². The van der Waals surface area contributed by atoms with Crippen LogP contribution in [0, 0.1) is 5.82 Å². The third kappa shape index (κ3) is 5.65. The molecule has 156 valence electrons. The van der Waals surface area contributed by atoms with E-state index in [1.165, 1.54) is 12.1 Å². The van der Waals surface area contributed by atoms with Crippen molar-refractivity contribution in [1.82, 2.24) is 20.0 Å². The second-order valence-corrected chi connectivity index (χ2v) is 7.64. The van der Waals surface area contributed by atoms with Crippen molar-refractivity contribution < 1.29 is 9.13 Å². The van der Waals surface area contributed by atoms with Crippen LogP contribution in [0.25, 0.3) is 0 Å². The molecule has 2 unspecified atom stereocenters. The molecular formula is C21H34FN5O. The Morgan fingerprint density at radius 1 is 1.14 bits per heavy atom. The molecule has 2 aliphatic rings. The van der Waals surface area contributed by atoms with E-state index in [0.29, 0.717) is 6.54 Å². The largest absolute Gasteiger partial charge is 0.367 e. The molecule has 0 spiro atoms. The molecule has 7 heteroatoms. The fraction of sp³-hybridized carbons (Fsp3) is 0.667. The van der Waals surface area contributed by atoms with Crippen LogP contribution in [0.3, 0.4) is 0 Å². The number of ether oxygens (including phenoxy) is 1. The van der Waals surface area contributed by atoms with E-state index >= 15 is 0 Å². The monoisotopic (exact) mass is 391 g/mol. The van der Waals surface area contributed by atoms with Crippen molar-refractivity contribution >= 4 is 5.96 Å². The molecule has 2 heterocycles. The van der Waals surface area contributed by atoms with Crippen molar-refractivity contribution in [1.29, 1.82) is 0 Å². The lowest BCUT2D eigenvalue weighted by Gasteiger charge is -2.39. The predicted molar refractivity (Wildman–Crippen MR) is 111 cm³/mol. The van der Waals surface area contributed by atoms with Crippen LogP contribution in [0.2, 0.25) is 0 Å². The number of morpholine rings is 1. The molecule has 2 fully saturated rings. The summed E-state index contributed by atoms with van der Waals surface area (Å²) in [6, 6.07) is 6.60. The Kier molecular flexibility index (Phi) is 7.65. The first kappa shape index (κ1) is 21.0. The van der Waals surface area contributed by atoms with Gasteiger partial charge < -0.3 is 19.9 Å². The summed E-state index contributed by atoms with van der Waals surface area (Å²) < 4.78 is 19.3. The highest BCUT2D eigenvalue weighted by Crippen LogP contribution is 2.25. The van der Waals surface area contributed by atoms with Gasteiger partial charge in [-0.2, -0.15) is 0 Å². The molecule has 3 rings (SSSR count). The molecule has 0 amide bonds. The topological polar surface area (TPSA) is 43.3 Å². The van der Waals surface area contributed by atoms with Gasteiger partial charge in [-0.3, -0.25) is 9.89 Å². The SMILES string of the molecule is CCN1CCN(CCNC(=NC)N2CC(C)OC(c3ccc(F)cc3)C2)CC1. The van der Waals surface area contributed by atoms with Crippen molar-refractivity contribution in [2.45, 2.75) is 26.1 Å². The number of nitrogens with one attached hydrogen (secondary N) is 1. The average Bonchev–Trinajstić information content (AvgIpc) is 2.71. The maximum Gasteiger partial charge on any atom is 0.193 e. The van der Waals surface area contributed by atoms with E-state index in [0.717, 1.165) is 63.9 Å². The molecule has 1 aromatic carbocycles. The van der Waals surface area contributed by atoms with E-state index in [9.17, 15) is 4.39 Å². The van der Waals surface area contributed by atoms with Gasteiger partial charge in [0, 0.05) is 52.9 Å². The number of guanidine groups is 1. The third-order valence-corrected chi connectivity index (χ3v) is 5.64. The zero-order valence-electron chi connectivity index (χ0n) is 17.4. The van der Waals surface area contributed by atoms with Crippen molar-refractivity contribution in [3.8, 4) is 0 Å². The predicted octanol–water partition coefficient (Wildman–Crippen LogP) is 1.80. The summed E-state index contributed by atoms with van der Waals surface area (Å²) in [6.07, 6.45) is 0.00879. The van der Waals surface area contributed by atoms with E-state index in [-0.39, 0.29) is 18.0 Å².